The second-order valence-electron chi connectivity index (χ2n) is 10.8. The third-order valence-corrected chi connectivity index (χ3v) is 7.96. The quantitative estimate of drug-likeness (QED) is 0.154. The molecule has 46 heavy (non-hydrogen) atoms. The molecule has 0 unspecified atom stereocenters. The van der Waals surface area contributed by atoms with Crippen LogP contribution in [-0.4, -0.2) is 55.1 Å². The molecule has 0 bridgehead atoms. The SMILES string of the molecule is COc1cccc(CCN(CCC(=O)O)C(=O)c2ccccc2-c2ccccc2C(=O)NCc2cccc3ccccc23)c1OC. The highest BCUT2D eigenvalue weighted by molar-refractivity contribution is 6.06. The molecule has 5 rings (SSSR count). The van der Waals surface area contributed by atoms with Gasteiger partial charge in [0.2, 0.25) is 0 Å². The van der Waals surface area contributed by atoms with Gasteiger partial charge in [-0.05, 0) is 57.6 Å². The van der Waals surface area contributed by atoms with Crippen LogP contribution < -0.4 is 14.8 Å². The van der Waals surface area contributed by atoms with E-state index >= 15 is 0 Å². The molecule has 5 aromatic rings. The average molecular weight is 617 g/mol. The van der Waals surface area contributed by atoms with E-state index in [4.69, 9.17) is 9.47 Å². The molecule has 0 aliphatic heterocycles. The lowest BCUT2D eigenvalue weighted by Gasteiger charge is -2.24. The number of rotatable bonds is 13. The number of amides is 2. The molecule has 8 nitrogen and oxygen atoms in total. The van der Waals surface area contributed by atoms with Crippen molar-refractivity contribution < 1.29 is 29.0 Å². The fraction of sp³-hybridized carbons (Fsp3) is 0.184. The molecule has 0 atom stereocenters. The molecule has 0 aliphatic carbocycles. The molecular weight excluding hydrogens is 580 g/mol. The zero-order chi connectivity index (χ0) is 32.5. The summed E-state index contributed by atoms with van der Waals surface area (Å²) in [5, 5.41) is 14.7. The summed E-state index contributed by atoms with van der Waals surface area (Å²) >= 11 is 0. The number of carbonyl (C=O) groups is 3. The summed E-state index contributed by atoms with van der Waals surface area (Å²) in [6.45, 7) is 0.602. The number of aliphatic carboxylic acids is 1. The molecule has 0 aromatic heterocycles. The lowest BCUT2D eigenvalue weighted by atomic mass is 9.94. The van der Waals surface area contributed by atoms with Gasteiger partial charge < -0.3 is 24.8 Å². The van der Waals surface area contributed by atoms with Crippen LogP contribution in [0, 0.1) is 0 Å². The van der Waals surface area contributed by atoms with Gasteiger partial charge >= 0.3 is 5.97 Å². The van der Waals surface area contributed by atoms with Crippen LogP contribution >= 0.6 is 0 Å². The number of nitrogens with one attached hydrogen (secondary N) is 1. The molecule has 0 radical (unpaired) electrons. The van der Waals surface area contributed by atoms with E-state index in [-0.39, 0.29) is 31.3 Å². The van der Waals surface area contributed by atoms with Crippen molar-refractivity contribution >= 4 is 28.6 Å². The molecule has 0 saturated heterocycles. The summed E-state index contributed by atoms with van der Waals surface area (Å²) < 4.78 is 11.0. The van der Waals surface area contributed by atoms with Crippen molar-refractivity contribution in [2.75, 3.05) is 27.3 Å². The van der Waals surface area contributed by atoms with Gasteiger partial charge in [0.1, 0.15) is 0 Å². The zero-order valence-corrected chi connectivity index (χ0v) is 25.9. The predicted octanol–water partition coefficient (Wildman–Crippen LogP) is 6.61. The minimum Gasteiger partial charge on any atom is -0.493 e. The number of benzene rings is 5. The van der Waals surface area contributed by atoms with Crippen molar-refractivity contribution in [2.24, 2.45) is 0 Å². The number of methoxy groups -OCH3 is 2. The number of hydrogen-bond donors (Lipinski definition) is 2. The number of fused-ring (bicyclic) bond motifs is 1. The normalized spacial score (nSPS) is 10.7. The largest absolute Gasteiger partial charge is 0.493 e. The monoisotopic (exact) mass is 616 g/mol. The van der Waals surface area contributed by atoms with Crippen LogP contribution in [0.25, 0.3) is 21.9 Å². The Morgan fingerprint density at radius 3 is 2.07 bits per heavy atom. The standard InChI is InChI=1S/C38H36N2O6/c1-45-34-20-10-13-27(36(34)46-2)21-23-40(24-22-35(41)42)38(44)33-19-8-6-17-31(33)30-16-5-7-18-32(30)37(43)39-25-28-14-9-12-26-11-3-4-15-29(26)28/h3-20H,21-25H2,1-2H3,(H,39,43)(H,41,42). The number of carboxylic acid groups (broad SMARTS) is 1. The van der Waals surface area contributed by atoms with E-state index in [9.17, 15) is 19.5 Å². The highest BCUT2D eigenvalue weighted by Gasteiger charge is 2.23. The maximum absolute atomic E-state index is 14.1. The van der Waals surface area contributed by atoms with Crippen molar-refractivity contribution in [1.82, 2.24) is 10.2 Å². The Hall–Kier alpha value is -5.63. The fourth-order valence-corrected chi connectivity index (χ4v) is 5.66. The van der Waals surface area contributed by atoms with Gasteiger partial charge in [-0.25, -0.2) is 0 Å². The molecule has 2 amide bonds. The number of carboxylic acids is 1. The van der Waals surface area contributed by atoms with E-state index in [1.807, 2.05) is 78.9 Å². The maximum atomic E-state index is 14.1. The Labute approximate surface area is 268 Å². The van der Waals surface area contributed by atoms with Crippen LogP contribution in [0.1, 0.15) is 38.3 Å². The Morgan fingerprint density at radius 2 is 1.33 bits per heavy atom. The molecule has 8 heteroatoms. The van der Waals surface area contributed by atoms with Gasteiger partial charge in [0.05, 0.1) is 20.6 Å². The van der Waals surface area contributed by atoms with E-state index in [1.165, 1.54) is 4.90 Å². The molecule has 2 N–H and O–H groups in total. The van der Waals surface area contributed by atoms with Crippen LogP contribution in [0.3, 0.4) is 0 Å². The topological polar surface area (TPSA) is 105 Å². The summed E-state index contributed by atoms with van der Waals surface area (Å²) in [4.78, 5) is 40.8. The highest BCUT2D eigenvalue weighted by Crippen LogP contribution is 2.32. The van der Waals surface area contributed by atoms with Crippen LogP contribution in [0.4, 0.5) is 0 Å². The lowest BCUT2D eigenvalue weighted by molar-refractivity contribution is -0.137. The molecule has 0 fully saturated rings. The van der Waals surface area contributed by atoms with Crippen LogP contribution in [-0.2, 0) is 17.8 Å². The first-order valence-electron chi connectivity index (χ1n) is 15.1. The van der Waals surface area contributed by atoms with E-state index in [0.29, 0.717) is 46.7 Å². The second-order valence-corrected chi connectivity index (χ2v) is 10.8. The van der Waals surface area contributed by atoms with E-state index < -0.39 is 5.97 Å². The Morgan fingerprint density at radius 1 is 0.696 bits per heavy atom. The third kappa shape index (κ3) is 7.18. The highest BCUT2D eigenvalue weighted by atomic mass is 16.5. The molecule has 0 saturated carbocycles. The van der Waals surface area contributed by atoms with Crippen LogP contribution in [0.15, 0.2) is 109 Å². The van der Waals surface area contributed by atoms with Gasteiger partial charge in [-0.15, -0.1) is 0 Å². The number of carbonyl (C=O) groups excluding carboxylic acids is 2. The van der Waals surface area contributed by atoms with Crippen molar-refractivity contribution in [2.45, 2.75) is 19.4 Å². The Bertz CT molecular complexity index is 1860. The van der Waals surface area contributed by atoms with Crippen LogP contribution in [0.5, 0.6) is 11.5 Å². The third-order valence-electron chi connectivity index (χ3n) is 7.96. The number of hydrogen-bond acceptors (Lipinski definition) is 5. The van der Waals surface area contributed by atoms with Crippen molar-refractivity contribution in [3.8, 4) is 22.6 Å². The second kappa shape index (κ2) is 14.9. The molecule has 5 aromatic carbocycles. The van der Waals surface area contributed by atoms with Gasteiger partial charge in [0.25, 0.3) is 11.8 Å². The van der Waals surface area contributed by atoms with Gasteiger partial charge in [-0.2, -0.15) is 0 Å². The van der Waals surface area contributed by atoms with E-state index in [2.05, 4.69) is 5.32 Å². The van der Waals surface area contributed by atoms with Gasteiger partial charge in [0, 0.05) is 30.8 Å². The maximum Gasteiger partial charge on any atom is 0.305 e. The minimum atomic E-state index is -1.00. The van der Waals surface area contributed by atoms with Crippen molar-refractivity contribution in [1.29, 1.82) is 0 Å². The van der Waals surface area contributed by atoms with E-state index in [1.54, 1.807) is 44.6 Å². The van der Waals surface area contributed by atoms with Gasteiger partial charge in [-0.1, -0.05) is 91.0 Å². The summed E-state index contributed by atoms with van der Waals surface area (Å²) in [5.74, 6) is -0.454. The molecular formula is C38H36N2O6. The smallest absolute Gasteiger partial charge is 0.305 e. The van der Waals surface area contributed by atoms with Gasteiger partial charge in [0.15, 0.2) is 11.5 Å². The molecule has 0 aliphatic rings. The fourth-order valence-electron chi connectivity index (χ4n) is 5.66. The van der Waals surface area contributed by atoms with Crippen molar-refractivity contribution in [3.63, 3.8) is 0 Å². The Kier molecular flexibility index (Phi) is 10.3. The van der Waals surface area contributed by atoms with Crippen molar-refractivity contribution in [3.05, 3.63) is 131 Å². The summed E-state index contributed by atoms with van der Waals surface area (Å²) in [6, 6.07) is 33.9. The first-order valence-corrected chi connectivity index (χ1v) is 15.1. The summed E-state index contributed by atoms with van der Waals surface area (Å²) in [6.07, 6.45) is 0.206. The predicted molar refractivity (Wildman–Crippen MR) is 178 cm³/mol. The number of ether oxygens (including phenoxy) is 2. The Balaban J connectivity index is 1.42. The van der Waals surface area contributed by atoms with Crippen LogP contribution in [0.2, 0.25) is 0 Å². The molecule has 234 valence electrons. The summed E-state index contributed by atoms with van der Waals surface area (Å²) in [5.41, 5.74) is 3.83. The average Bonchev–Trinajstić information content (AvgIpc) is 3.10. The molecule has 0 heterocycles. The minimum absolute atomic E-state index is 0.0158. The lowest BCUT2D eigenvalue weighted by Crippen LogP contribution is -2.35. The van der Waals surface area contributed by atoms with Gasteiger partial charge in [-0.3, -0.25) is 14.4 Å². The summed E-state index contributed by atoms with van der Waals surface area (Å²) in [7, 11) is 3.11. The molecule has 0 spiro atoms. The number of nitrogens with zero attached hydrogens (tertiary/aromatic N) is 1. The number of para-hydroxylation sites is 1. The first-order chi connectivity index (χ1) is 22.4. The van der Waals surface area contributed by atoms with E-state index in [0.717, 1.165) is 21.9 Å². The first kappa shape index (κ1) is 31.8. The zero-order valence-electron chi connectivity index (χ0n) is 25.9.